The highest BCUT2D eigenvalue weighted by atomic mass is 19.2. The Morgan fingerprint density at radius 3 is 1.10 bits per heavy atom. The molecule has 0 amide bonds. The van der Waals surface area contributed by atoms with E-state index >= 15 is 35.1 Å². The van der Waals surface area contributed by atoms with Gasteiger partial charge in [-0.05, 0) is 51.9 Å². The van der Waals surface area contributed by atoms with Crippen LogP contribution in [-0.4, -0.2) is 12.1 Å². The second-order valence-corrected chi connectivity index (χ2v) is 18.4. The Morgan fingerprint density at radius 2 is 0.663 bits per heavy atom. The summed E-state index contributed by atoms with van der Waals surface area (Å²) in [6.07, 6.45) is -7.22. The van der Waals surface area contributed by atoms with Crippen LogP contribution in [0.5, 0.6) is 5.75 Å². The van der Waals surface area contributed by atoms with E-state index in [1.807, 2.05) is 72.8 Å². The maximum Gasteiger partial charge on any atom is 0.409 e. The number of ether oxygens (including phenoxy) is 1. The van der Waals surface area contributed by atoms with Crippen molar-refractivity contribution in [2.45, 2.75) is 6.54 Å². The standard InChI is InChI=1S/C35H24NO2.C24BF20/c37-35(33-19-18-25-12-7-9-17-32(25)36(33)23-24-10-2-1-3-11-24)38-34-30-16-8-6-15-28(30)21-29-20-26-13-4-5-14-27(26)22-31(29)34;26-5-1(6(27)14(35)21(42)13(5)34)25(2-7(28)15(36)22(43)16(37)8(2)29,3-9(30)17(38)23(44)18(39)10(3)31)4-11(32)19(40)24(45)20(41)12(4)33/h1-22H,23H2;/q+1;-1. The molecule has 11 rings (SSSR count). The van der Waals surface area contributed by atoms with Gasteiger partial charge in [0.25, 0.3) is 5.69 Å². The zero-order chi connectivity index (χ0) is 59.8. The van der Waals surface area contributed by atoms with Gasteiger partial charge >= 0.3 is 5.97 Å². The Labute approximate surface area is 451 Å². The van der Waals surface area contributed by atoms with Crippen LogP contribution in [0.25, 0.3) is 43.2 Å². The maximum absolute atomic E-state index is 15.4. The summed E-state index contributed by atoms with van der Waals surface area (Å²) >= 11 is 0. The molecule has 0 aliphatic rings. The van der Waals surface area contributed by atoms with Crippen molar-refractivity contribution in [1.29, 1.82) is 0 Å². The molecule has 0 saturated carbocycles. The van der Waals surface area contributed by atoms with Crippen molar-refractivity contribution in [3.05, 3.63) is 261 Å². The van der Waals surface area contributed by atoms with E-state index in [-0.39, 0.29) is 5.97 Å². The number of esters is 1. The molecular formula is C59H24BF20NO2. The van der Waals surface area contributed by atoms with Crippen LogP contribution in [0.2, 0.25) is 0 Å². The topological polar surface area (TPSA) is 30.2 Å². The molecule has 1 heterocycles. The molecule has 0 spiro atoms. The molecule has 0 unspecified atom stereocenters. The smallest absolute Gasteiger partial charge is 0.409 e. The van der Waals surface area contributed by atoms with Crippen molar-refractivity contribution >= 4 is 77.2 Å². The number of nitrogens with zero attached hydrogens (tertiary/aromatic N) is 1. The van der Waals surface area contributed by atoms with Crippen LogP contribution in [0.3, 0.4) is 0 Å². The van der Waals surface area contributed by atoms with E-state index in [9.17, 15) is 57.5 Å². The van der Waals surface area contributed by atoms with Gasteiger partial charge < -0.3 is 4.74 Å². The lowest BCUT2D eigenvalue weighted by Gasteiger charge is -2.44. The van der Waals surface area contributed by atoms with E-state index in [0.29, 0.717) is 18.0 Å². The van der Waals surface area contributed by atoms with E-state index < -0.39 is 144 Å². The van der Waals surface area contributed by atoms with Crippen LogP contribution < -0.4 is 31.2 Å². The molecular weight excluding hydrogens is 1150 g/mol. The Morgan fingerprint density at radius 1 is 0.325 bits per heavy atom. The van der Waals surface area contributed by atoms with Crippen molar-refractivity contribution < 1.29 is 102 Å². The molecule has 0 bridgehead atoms. The Bertz CT molecular complexity index is 4160. The molecule has 1 aromatic heterocycles. The number of halogens is 20. The average molecular weight is 1170 g/mol. The van der Waals surface area contributed by atoms with Crippen molar-refractivity contribution in [1.82, 2.24) is 0 Å². The third kappa shape index (κ3) is 8.97. The number of hydrogen-bond acceptors (Lipinski definition) is 2. The van der Waals surface area contributed by atoms with Gasteiger partial charge in [0.05, 0.1) is 0 Å². The summed E-state index contributed by atoms with van der Waals surface area (Å²) in [6.45, 7) is 0.563. The number of carbonyl (C=O) groups is 1. The molecule has 0 N–H and O–H groups in total. The monoisotopic (exact) mass is 1170 g/mol. The van der Waals surface area contributed by atoms with Crippen LogP contribution in [0, 0.1) is 116 Å². The normalized spacial score (nSPS) is 11.7. The molecule has 0 aliphatic carbocycles. The molecule has 3 nitrogen and oxygen atoms in total. The predicted octanol–water partition coefficient (Wildman–Crippen LogP) is 13.7. The number of para-hydroxylation sites is 1. The third-order valence-electron chi connectivity index (χ3n) is 13.9. The summed E-state index contributed by atoms with van der Waals surface area (Å²) in [7, 11) is 0. The fraction of sp³-hybridized carbons (Fsp3) is 0.0169. The Balaban J connectivity index is 0.000000187. The van der Waals surface area contributed by atoms with Gasteiger partial charge in [-0.1, -0.05) is 91.0 Å². The first-order valence-corrected chi connectivity index (χ1v) is 23.7. The van der Waals surface area contributed by atoms with E-state index in [1.165, 1.54) is 0 Å². The fourth-order valence-electron chi connectivity index (χ4n) is 10.2. The summed E-state index contributed by atoms with van der Waals surface area (Å²) in [5.74, 6) is -71.2. The number of aromatic nitrogens is 1. The summed E-state index contributed by atoms with van der Waals surface area (Å²) in [6, 6.07) is 45.0. The van der Waals surface area contributed by atoms with Crippen molar-refractivity contribution in [2.24, 2.45) is 0 Å². The van der Waals surface area contributed by atoms with Crippen LogP contribution in [0.1, 0.15) is 16.1 Å². The van der Waals surface area contributed by atoms with Gasteiger partial charge in [0.1, 0.15) is 58.4 Å². The van der Waals surface area contributed by atoms with Gasteiger partial charge in [-0.15, -0.1) is 21.9 Å². The fourth-order valence-corrected chi connectivity index (χ4v) is 10.2. The van der Waals surface area contributed by atoms with Crippen molar-refractivity contribution in [2.75, 3.05) is 0 Å². The second kappa shape index (κ2) is 21.4. The van der Waals surface area contributed by atoms with Crippen LogP contribution in [-0.2, 0) is 6.54 Å². The molecule has 0 fully saturated rings. The first-order chi connectivity index (χ1) is 39.4. The molecule has 0 saturated heterocycles. The number of hydrogen-bond donors (Lipinski definition) is 0. The molecule has 24 heteroatoms. The van der Waals surface area contributed by atoms with Gasteiger partial charge in [0.15, 0.2) is 76.4 Å². The summed E-state index contributed by atoms with van der Waals surface area (Å²) in [4.78, 5) is 14.0. The lowest BCUT2D eigenvalue weighted by atomic mass is 9.12. The SMILES string of the molecule is Fc1c(F)c(F)c([B-](c2c(F)c(F)c(F)c(F)c2F)(c2c(F)c(F)c(F)c(F)c2F)c2c(F)c(F)c(F)c(F)c2F)c(F)c1F.O=C(Oc1c2ccccc2cc2cc3ccccc3cc12)c1ccc2ccccc2[n+]1Cc1ccccc1. The Hall–Kier alpha value is -9.48. The third-order valence-corrected chi connectivity index (χ3v) is 13.9. The summed E-state index contributed by atoms with van der Waals surface area (Å²) in [5, 5.41) is 7.25. The Kier molecular flexibility index (Phi) is 14.7. The number of benzene rings is 10. The number of pyridine rings is 1. The van der Waals surface area contributed by atoms with Gasteiger partial charge in [-0.25, -0.2) is 92.6 Å². The number of rotatable bonds is 8. The second-order valence-electron chi connectivity index (χ2n) is 18.4. The largest absolute Gasteiger partial charge is 0.417 e. The van der Waals surface area contributed by atoms with Crippen LogP contribution >= 0.6 is 0 Å². The summed E-state index contributed by atoms with van der Waals surface area (Å²) in [5.41, 5.74) is -11.7. The van der Waals surface area contributed by atoms with Gasteiger partial charge in [-0.2, -0.15) is 4.57 Å². The minimum absolute atomic E-state index is 0.377. The molecule has 0 atom stereocenters. The average Bonchev–Trinajstić information content (AvgIpc) is 0.969. The minimum atomic E-state index is -7.22. The summed E-state index contributed by atoms with van der Waals surface area (Å²) < 4.78 is 302. The minimum Gasteiger partial charge on any atom is -0.417 e. The quantitative estimate of drug-likeness (QED) is 0.0222. The van der Waals surface area contributed by atoms with E-state index in [1.54, 1.807) is 0 Å². The van der Waals surface area contributed by atoms with Crippen molar-refractivity contribution in [3.63, 3.8) is 0 Å². The molecule has 0 aliphatic heterocycles. The first kappa shape index (κ1) is 56.8. The number of fused-ring (bicyclic) bond motifs is 4. The van der Waals surface area contributed by atoms with E-state index in [0.717, 1.165) is 48.8 Å². The maximum atomic E-state index is 15.4. The van der Waals surface area contributed by atoms with Gasteiger partial charge in [-0.3, -0.25) is 0 Å². The molecule has 11 aromatic rings. The molecule has 0 radical (unpaired) electrons. The van der Waals surface area contributed by atoms with E-state index in [2.05, 4.69) is 65.2 Å². The zero-order valence-electron chi connectivity index (χ0n) is 40.8. The highest BCUT2D eigenvalue weighted by molar-refractivity contribution is 7.20. The highest BCUT2D eigenvalue weighted by Crippen LogP contribution is 2.38. The van der Waals surface area contributed by atoms with Gasteiger partial charge in [0, 0.05) is 33.9 Å². The molecule has 83 heavy (non-hydrogen) atoms. The molecule has 420 valence electrons. The van der Waals surface area contributed by atoms with Crippen LogP contribution in [0.4, 0.5) is 87.8 Å². The first-order valence-electron chi connectivity index (χ1n) is 23.7. The van der Waals surface area contributed by atoms with Gasteiger partial charge in [0.2, 0.25) is 5.52 Å². The molecule has 10 aromatic carbocycles. The van der Waals surface area contributed by atoms with E-state index in [4.69, 9.17) is 4.74 Å². The number of carbonyl (C=O) groups excluding carboxylic acids is 1. The lowest BCUT2D eigenvalue weighted by Crippen LogP contribution is -2.81. The van der Waals surface area contributed by atoms with Crippen molar-refractivity contribution in [3.8, 4) is 5.75 Å². The predicted molar refractivity (Wildman–Crippen MR) is 263 cm³/mol. The lowest BCUT2D eigenvalue weighted by molar-refractivity contribution is -0.664. The zero-order valence-corrected chi connectivity index (χ0v) is 40.8. The van der Waals surface area contributed by atoms with Crippen LogP contribution in [0.15, 0.2) is 133 Å². The highest BCUT2D eigenvalue weighted by Gasteiger charge is 2.52.